The molecule has 10 aromatic rings. The molecule has 7 aromatic carbocycles. The molecule has 0 radical (unpaired) electrons. The van der Waals surface area contributed by atoms with Gasteiger partial charge in [0, 0.05) is 53.5 Å². The third-order valence-electron chi connectivity index (χ3n) is 8.83. The Morgan fingerprint density at radius 2 is 1.07 bits per heavy atom. The summed E-state index contributed by atoms with van der Waals surface area (Å²) in [5.41, 5.74) is 6.56. The first-order valence-electron chi connectivity index (χ1n) is 14.8. The fourth-order valence-electron chi connectivity index (χ4n) is 6.86. The lowest BCUT2D eigenvalue weighted by Gasteiger charge is -2.26. The molecule has 0 saturated heterocycles. The van der Waals surface area contributed by atoms with E-state index >= 15 is 0 Å². The number of rotatable bonds is 3. The van der Waals surface area contributed by atoms with Crippen molar-refractivity contribution in [2.45, 2.75) is 0 Å². The van der Waals surface area contributed by atoms with E-state index in [9.17, 15) is 0 Å². The van der Waals surface area contributed by atoms with Crippen LogP contribution in [-0.2, 0) is 0 Å². The van der Waals surface area contributed by atoms with Crippen molar-refractivity contribution >= 4 is 103 Å². The molecule has 0 amide bonds. The van der Waals surface area contributed by atoms with Crippen molar-refractivity contribution in [3.63, 3.8) is 0 Å². The fourth-order valence-corrected chi connectivity index (χ4v) is 7.94. The number of anilines is 3. The Morgan fingerprint density at radius 1 is 0.432 bits per heavy atom. The molecular formula is C40H23NO2S. The quantitative estimate of drug-likeness (QED) is 0.208. The van der Waals surface area contributed by atoms with Crippen molar-refractivity contribution in [3.8, 4) is 0 Å². The molecule has 10 rings (SSSR count). The molecule has 206 valence electrons. The predicted octanol–water partition coefficient (Wildman–Crippen LogP) is 12.5. The minimum Gasteiger partial charge on any atom is -0.456 e. The van der Waals surface area contributed by atoms with Crippen LogP contribution in [-0.4, -0.2) is 0 Å². The molecule has 0 atom stereocenters. The zero-order valence-electron chi connectivity index (χ0n) is 23.5. The number of hydrogen-bond donors (Lipinski definition) is 0. The van der Waals surface area contributed by atoms with Gasteiger partial charge in [-0.2, -0.15) is 0 Å². The normalized spacial score (nSPS) is 12.1. The van der Waals surface area contributed by atoms with Gasteiger partial charge >= 0.3 is 0 Å². The Labute approximate surface area is 255 Å². The van der Waals surface area contributed by atoms with E-state index < -0.39 is 0 Å². The summed E-state index contributed by atoms with van der Waals surface area (Å²) in [6.07, 6.45) is 0. The standard InChI is InChI=1S/C40H23NO2S/c1-2-10-27-24(9-1)21-33(40-39(27)31-13-4-7-15-35(31)43-40)41(25-18-20-38-32(22-25)30-12-5-8-16-37(30)44-38)26-17-19-29-28-11-3-6-14-34(28)42-36(29)23-26/h1-23H. The smallest absolute Gasteiger partial charge is 0.160 e. The molecule has 44 heavy (non-hydrogen) atoms. The summed E-state index contributed by atoms with van der Waals surface area (Å²) < 4.78 is 15.7. The summed E-state index contributed by atoms with van der Waals surface area (Å²) in [7, 11) is 0. The topological polar surface area (TPSA) is 29.5 Å². The molecule has 3 nitrogen and oxygen atoms in total. The summed E-state index contributed by atoms with van der Waals surface area (Å²) >= 11 is 1.83. The molecule has 0 unspecified atom stereocenters. The Bertz CT molecular complexity index is 2750. The number of thiophene rings is 1. The summed E-state index contributed by atoms with van der Waals surface area (Å²) in [5.74, 6) is 0. The second-order valence-electron chi connectivity index (χ2n) is 11.3. The number of para-hydroxylation sites is 2. The molecule has 4 heteroatoms. The van der Waals surface area contributed by atoms with Crippen molar-refractivity contribution in [2.24, 2.45) is 0 Å². The van der Waals surface area contributed by atoms with Crippen LogP contribution in [0.25, 0.3) is 74.8 Å². The summed E-state index contributed by atoms with van der Waals surface area (Å²) in [5, 5.41) is 9.35. The molecule has 0 aliphatic heterocycles. The van der Waals surface area contributed by atoms with Gasteiger partial charge in [0.25, 0.3) is 0 Å². The van der Waals surface area contributed by atoms with E-state index in [1.807, 2.05) is 29.5 Å². The Hall–Kier alpha value is -5.58. The van der Waals surface area contributed by atoms with Gasteiger partial charge in [0.15, 0.2) is 5.58 Å². The first-order valence-corrected chi connectivity index (χ1v) is 15.6. The highest BCUT2D eigenvalue weighted by Gasteiger charge is 2.23. The van der Waals surface area contributed by atoms with Crippen LogP contribution in [0.4, 0.5) is 17.1 Å². The van der Waals surface area contributed by atoms with Gasteiger partial charge in [-0.1, -0.05) is 78.9 Å². The monoisotopic (exact) mass is 581 g/mol. The van der Waals surface area contributed by atoms with Crippen LogP contribution in [0.2, 0.25) is 0 Å². The molecule has 0 N–H and O–H groups in total. The lowest BCUT2D eigenvalue weighted by molar-refractivity contribution is 0.667. The number of fused-ring (bicyclic) bond motifs is 11. The van der Waals surface area contributed by atoms with E-state index in [1.165, 1.54) is 30.9 Å². The number of hydrogen-bond acceptors (Lipinski definition) is 4. The van der Waals surface area contributed by atoms with Gasteiger partial charge in [-0.25, -0.2) is 0 Å². The summed E-state index contributed by atoms with van der Waals surface area (Å²) in [4.78, 5) is 2.33. The molecule has 0 fully saturated rings. The Kier molecular flexibility index (Phi) is 4.87. The van der Waals surface area contributed by atoms with Crippen LogP contribution in [0.3, 0.4) is 0 Å². The highest BCUT2D eigenvalue weighted by Crippen LogP contribution is 2.47. The van der Waals surface area contributed by atoms with Gasteiger partial charge in [0.2, 0.25) is 0 Å². The largest absolute Gasteiger partial charge is 0.456 e. The van der Waals surface area contributed by atoms with Crippen LogP contribution in [0.1, 0.15) is 0 Å². The number of benzene rings is 7. The van der Waals surface area contributed by atoms with Crippen LogP contribution in [0.15, 0.2) is 148 Å². The summed E-state index contributed by atoms with van der Waals surface area (Å²) in [6, 6.07) is 49.4. The van der Waals surface area contributed by atoms with Crippen molar-refractivity contribution in [1.82, 2.24) is 0 Å². The average Bonchev–Trinajstić information content (AvgIpc) is 3.76. The first kappa shape index (κ1) is 23.9. The Balaban J connectivity index is 1.32. The molecule has 0 aliphatic rings. The van der Waals surface area contributed by atoms with Crippen LogP contribution >= 0.6 is 11.3 Å². The summed E-state index contributed by atoms with van der Waals surface area (Å²) in [6.45, 7) is 0. The highest BCUT2D eigenvalue weighted by molar-refractivity contribution is 7.25. The van der Waals surface area contributed by atoms with Crippen molar-refractivity contribution in [3.05, 3.63) is 140 Å². The lowest BCUT2D eigenvalue weighted by atomic mass is 10.0. The molecular weight excluding hydrogens is 559 g/mol. The van der Waals surface area contributed by atoms with Gasteiger partial charge < -0.3 is 13.7 Å². The van der Waals surface area contributed by atoms with Gasteiger partial charge in [-0.15, -0.1) is 11.3 Å². The molecule has 0 saturated carbocycles. The average molecular weight is 582 g/mol. The van der Waals surface area contributed by atoms with Gasteiger partial charge in [0.05, 0.1) is 11.4 Å². The maximum atomic E-state index is 6.73. The lowest BCUT2D eigenvalue weighted by Crippen LogP contribution is -2.10. The fraction of sp³-hybridized carbons (Fsp3) is 0. The SMILES string of the molecule is c1ccc2c(c1)cc(N(c1ccc3c(c1)oc1ccccc13)c1ccc3sc4ccccc4c3c1)c1oc3ccccc3c12. The predicted molar refractivity (Wildman–Crippen MR) is 186 cm³/mol. The van der Waals surface area contributed by atoms with E-state index in [0.717, 1.165) is 60.9 Å². The second-order valence-corrected chi connectivity index (χ2v) is 12.4. The van der Waals surface area contributed by atoms with Crippen molar-refractivity contribution in [2.75, 3.05) is 4.90 Å². The van der Waals surface area contributed by atoms with Crippen molar-refractivity contribution in [1.29, 1.82) is 0 Å². The third-order valence-corrected chi connectivity index (χ3v) is 9.98. The van der Waals surface area contributed by atoms with Crippen molar-refractivity contribution < 1.29 is 8.83 Å². The van der Waals surface area contributed by atoms with Crippen LogP contribution in [0.5, 0.6) is 0 Å². The molecule has 0 bridgehead atoms. The Morgan fingerprint density at radius 3 is 1.95 bits per heavy atom. The van der Waals surface area contributed by atoms with Gasteiger partial charge in [-0.3, -0.25) is 0 Å². The van der Waals surface area contributed by atoms with Crippen LogP contribution in [0, 0.1) is 0 Å². The first-order chi connectivity index (χ1) is 21.8. The van der Waals surface area contributed by atoms with E-state index in [2.05, 4.69) is 126 Å². The zero-order chi connectivity index (χ0) is 28.8. The van der Waals surface area contributed by atoms with E-state index in [0.29, 0.717) is 0 Å². The minimum absolute atomic E-state index is 0.859. The highest BCUT2D eigenvalue weighted by atomic mass is 32.1. The zero-order valence-corrected chi connectivity index (χ0v) is 24.3. The molecule has 0 aliphatic carbocycles. The molecule has 0 spiro atoms. The van der Waals surface area contributed by atoms with E-state index in [4.69, 9.17) is 8.83 Å². The van der Waals surface area contributed by atoms with Gasteiger partial charge in [0.1, 0.15) is 16.7 Å². The maximum absolute atomic E-state index is 6.73. The number of furan rings is 2. The van der Waals surface area contributed by atoms with Crippen LogP contribution < -0.4 is 4.90 Å². The second kappa shape index (κ2) is 8.96. The molecule has 3 aromatic heterocycles. The maximum Gasteiger partial charge on any atom is 0.160 e. The minimum atomic E-state index is 0.859. The molecule has 3 heterocycles. The van der Waals surface area contributed by atoms with E-state index in [-0.39, 0.29) is 0 Å². The van der Waals surface area contributed by atoms with E-state index in [1.54, 1.807) is 0 Å². The van der Waals surface area contributed by atoms with Gasteiger partial charge in [-0.05, 0) is 65.4 Å². The number of nitrogens with zero attached hydrogens (tertiary/aromatic N) is 1. The third kappa shape index (κ3) is 3.37.